The standard InChI is InChI=1S/C21H18Cl2N2O6/c1-30-15-5-2-12(3-6-15)18(26)11-31-21(29)13-8-19(27)25(10-13)24-20(28)16-7-4-14(22)9-17(16)23/h2-7,9,13H,8,10-11H2,1H3,(H,24,28)/t13-/m1/s1. The fourth-order valence-electron chi connectivity index (χ4n) is 2.94. The highest BCUT2D eigenvalue weighted by atomic mass is 35.5. The number of nitrogens with one attached hydrogen (secondary N) is 1. The minimum Gasteiger partial charge on any atom is -0.497 e. The third-order valence-corrected chi connectivity index (χ3v) is 5.18. The predicted molar refractivity (Wildman–Crippen MR) is 112 cm³/mol. The molecule has 2 aromatic rings. The van der Waals surface area contributed by atoms with Gasteiger partial charge < -0.3 is 9.47 Å². The summed E-state index contributed by atoms with van der Waals surface area (Å²) < 4.78 is 10.1. The van der Waals surface area contributed by atoms with Gasteiger partial charge in [-0.25, -0.2) is 0 Å². The maximum atomic E-state index is 12.4. The molecule has 2 amide bonds. The summed E-state index contributed by atoms with van der Waals surface area (Å²) in [5.41, 5.74) is 2.92. The van der Waals surface area contributed by atoms with Crippen LogP contribution in [0.2, 0.25) is 10.0 Å². The highest BCUT2D eigenvalue weighted by Crippen LogP contribution is 2.22. The SMILES string of the molecule is COc1ccc(C(=O)COC(=O)[C@@H]2CC(=O)N(NC(=O)c3ccc(Cl)cc3Cl)C2)cc1. The number of Topliss-reactive ketones (excluding diaryl/α,β-unsaturated/α-hetero) is 1. The molecule has 0 unspecified atom stereocenters. The van der Waals surface area contributed by atoms with Crippen molar-refractivity contribution in [2.24, 2.45) is 5.92 Å². The van der Waals surface area contributed by atoms with Gasteiger partial charge in [0.25, 0.3) is 5.91 Å². The van der Waals surface area contributed by atoms with Gasteiger partial charge in [-0.15, -0.1) is 0 Å². The number of nitrogens with zero attached hydrogens (tertiary/aromatic N) is 1. The maximum Gasteiger partial charge on any atom is 0.311 e. The zero-order chi connectivity index (χ0) is 22.5. The van der Waals surface area contributed by atoms with Crippen molar-refractivity contribution in [2.75, 3.05) is 20.3 Å². The third-order valence-electron chi connectivity index (χ3n) is 4.63. The number of rotatable bonds is 7. The number of esters is 1. The smallest absolute Gasteiger partial charge is 0.311 e. The van der Waals surface area contributed by atoms with Gasteiger partial charge >= 0.3 is 5.97 Å². The number of carbonyl (C=O) groups excluding carboxylic acids is 4. The fraction of sp³-hybridized carbons (Fsp3) is 0.238. The number of hydrogen-bond donors (Lipinski definition) is 1. The molecule has 1 fully saturated rings. The molecule has 2 aromatic carbocycles. The van der Waals surface area contributed by atoms with Gasteiger partial charge in [0, 0.05) is 17.0 Å². The molecule has 0 aliphatic carbocycles. The molecular weight excluding hydrogens is 447 g/mol. The van der Waals surface area contributed by atoms with Crippen molar-refractivity contribution in [1.82, 2.24) is 10.4 Å². The third kappa shape index (κ3) is 5.53. The molecule has 3 rings (SSSR count). The number of methoxy groups -OCH3 is 1. The second-order valence-electron chi connectivity index (χ2n) is 6.73. The lowest BCUT2D eigenvalue weighted by atomic mass is 10.1. The van der Waals surface area contributed by atoms with Gasteiger partial charge in [-0.05, 0) is 42.5 Å². The predicted octanol–water partition coefficient (Wildman–Crippen LogP) is 2.92. The minimum absolute atomic E-state index is 0.0780. The first-order valence-corrected chi connectivity index (χ1v) is 9.94. The number of hydrogen-bond acceptors (Lipinski definition) is 6. The number of amides is 2. The summed E-state index contributed by atoms with van der Waals surface area (Å²) in [6, 6.07) is 10.7. The molecule has 0 bridgehead atoms. The van der Waals surface area contributed by atoms with Crippen LogP contribution in [0, 0.1) is 5.92 Å². The van der Waals surface area contributed by atoms with E-state index in [1.807, 2.05) is 0 Å². The Balaban J connectivity index is 1.53. The van der Waals surface area contributed by atoms with E-state index in [9.17, 15) is 19.2 Å². The van der Waals surface area contributed by atoms with E-state index in [2.05, 4.69) is 5.43 Å². The molecule has 31 heavy (non-hydrogen) atoms. The first kappa shape index (κ1) is 22.6. The second-order valence-corrected chi connectivity index (χ2v) is 7.57. The molecule has 0 radical (unpaired) electrons. The summed E-state index contributed by atoms with van der Waals surface area (Å²) in [6.45, 7) is -0.534. The zero-order valence-corrected chi connectivity index (χ0v) is 17.9. The van der Waals surface area contributed by atoms with E-state index in [0.717, 1.165) is 5.01 Å². The summed E-state index contributed by atoms with van der Waals surface area (Å²) in [6.07, 6.45) is -0.149. The van der Waals surface area contributed by atoms with E-state index < -0.39 is 30.3 Å². The Bertz CT molecular complexity index is 1030. The summed E-state index contributed by atoms with van der Waals surface area (Å²) in [5, 5.41) is 1.53. The van der Waals surface area contributed by atoms with Crippen LogP contribution in [0.15, 0.2) is 42.5 Å². The lowest BCUT2D eigenvalue weighted by Crippen LogP contribution is -2.43. The van der Waals surface area contributed by atoms with Crippen molar-refractivity contribution in [3.05, 3.63) is 63.6 Å². The van der Waals surface area contributed by atoms with Gasteiger partial charge in [0.1, 0.15) is 5.75 Å². The average molecular weight is 465 g/mol. The Labute approximate surface area is 188 Å². The van der Waals surface area contributed by atoms with Gasteiger partial charge in [0.05, 0.1) is 30.2 Å². The first-order chi connectivity index (χ1) is 14.8. The molecule has 1 heterocycles. The quantitative estimate of drug-likeness (QED) is 0.499. The molecule has 162 valence electrons. The monoisotopic (exact) mass is 464 g/mol. The molecular formula is C21H18Cl2N2O6. The average Bonchev–Trinajstić information content (AvgIpc) is 3.12. The van der Waals surface area contributed by atoms with Gasteiger partial charge in [-0.2, -0.15) is 0 Å². The maximum absolute atomic E-state index is 12.4. The highest BCUT2D eigenvalue weighted by molar-refractivity contribution is 6.36. The molecule has 0 saturated carbocycles. The van der Waals surface area contributed by atoms with Gasteiger partial charge in [-0.1, -0.05) is 23.2 Å². The van der Waals surface area contributed by atoms with Crippen molar-refractivity contribution < 1.29 is 28.7 Å². The molecule has 1 saturated heterocycles. The zero-order valence-electron chi connectivity index (χ0n) is 16.4. The van der Waals surface area contributed by atoms with E-state index in [1.54, 1.807) is 24.3 Å². The van der Waals surface area contributed by atoms with Crippen LogP contribution in [-0.2, 0) is 14.3 Å². The van der Waals surface area contributed by atoms with Crippen molar-refractivity contribution in [3.63, 3.8) is 0 Å². The summed E-state index contributed by atoms with van der Waals surface area (Å²) in [5.74, 6) is -2.36. The van der Waals surface area contributed by atoms with E-state index in [4.69, 9.17) is 32.7 Å². The van der Waals surface area contributed by atoms with Gasteiger partial charge in [0.15, 0.2) is 12.4 Å². The van der Waals surface area contributed by atoms with Crippen molar-refractivity contribution in [2.45, 2.75) is 6.42 Å². The lowest BCUT2D eigenvalue weighted by Gasteiger charge is -2.18. The first-order valence-electron chi connectivity index (χ1n) is 9.18. The molecule has 1 aliphatic heterocycles. The van der Waals surface area contributed by atoms with Crippen molar-refractivity contribution >= 4 is 46.8 Å². The molecule has 0 aromatic heterocycles. The number of benzene rings is 2. The van der Waals surface area contributed by atoms with E-state index >= 15 is 0 Å². The Morgan fingerprint density at radius 1 is 1.13 bits per heavy atom. The topological polar surface area (TPSA) is 102 Å². The van der Waals surface area contributed by atoms with Gasteiger partial charge in [0.2, 0.25) is 5.91 Å². The summed E-state index contributed by atoms with van der Waals surface area (Å²) in [4.78, 5) is 49.0. The van der Waals surface area contributed by atoms with Crippen molar-refractivity contribution in [3.8, 4) is 5.75 Å². The molecule has 1 atom stereocenters. The molecule has 8 nitrogen and oxygen atoms in total. The van der Waals surface area contributed by atoms with E-state index in [-0.39, 0.29) is 29.3 Å². The van der Waals surface area contributed by atoms with Crippen LogP contribution in [0.1, 0.15) is 27.1 Å². The second kappa shape index (κ2) is 9.80. The lowest BCUT2D eigenvalue weighted by molar-refractivity contribution is -0.147. The fourth-order valence-corrected chi connectivity index (χ4v) is 3.44. The summed E-state index contributed by atoms with van der Waals surface area (Å²) >= 11 is 11.8. The van der Waals surface area contributed by atoms with E-state index in [0.29, 0.717) is 16.3 Å². The Morgan fingerprint density at radius 3 is 2.48 bits per heavy atom. The van der Waals surface area contributed by atoms with Crippen LogP contribution in [-0.4, -0.2) is 48.8 Å². The summed E-state index contributed by atoms with van der Waals surface area (Å²) in [7, 11) is 1.51. The Kier molecular flexibility index (Phi) is 7.14. The Hall–Kier alpha value is -3.10. The molecule has 1 N–H and O–H groups in total. The van der Waals surface area contributed by atoms with Crippen molar-refractivity contribution in [1.29, 1.82) is 0 Å². The number of hydrazine groups is 1. The number of carbonyl (C=O) groups is 4. The number of ketones is 1. The molecule has 1 aliphatic rings. The van der Waals surface area contributed by atoms with Crippen LogP contribution in [0.4, 0.5) is 0 Å². The minimum atomic E-state index is -0.808. The normalized spacial score (nSPS) is 15.5. The molecule has 10 heteroatoms. The number of halogens is 2. The Morgan fingerprint density at radius 2 is 1.84 bits per heavy atom. The molecule has 0 spiro atoms. The van der Waals surface area contributed by atoms with Gasteiger partial charge in [-0.3, -0.25) is 29.6 Å². The van der Waals surface area contributed by atoms with E-state index in [1.165, 1.54) is 25.3 Å². The van der Waals surface area contributed by atoms with Crippen LogP contribution in [0.5, 0.6) is 5.75 Å². The van der Waals surface area contributed by atoms with Crippen LogP contribution in [0.25, 0.3) is 0 Å². The highest BCUT2D eigenvalue weighted by Gasteiger charge is 2.37. The van der Waals surface area contributed by atoms with Crippen LogP contribution in [0.3, 0.4) is 0 Å². The largest absolute Gasteiger partial charge is 0.497 e. The number of ether oxygens (including phenoxy) is 2. The van der Waals surface area contributed by atoms with Crippen LogP contribution >= 0.6 is 23.2 Å². The van der Waals surface area contributed by atoms with Crippen LogP contribution < -0.4 is 10.2 Å².